The number of carboxylic acids is 1. The third-order valence-electron chi connectivity index (χ3n) is 3.82. The van der Waals surface area contributed by atoms with Gasteiger partial charge in [-0.3, -0.25) is 0 Å². The molecule has 184 valence electrons. The Morgan fingerprint density at radius 3 is 2.00 bits per heavy atom. The Morgan fingerprint density at radius 2 is 1.55 bits per heavy atom. The predicted molar refractivity (Wildman–Crippen MR) is 124 cm³/mol. The minimum Gasteiger partial charge on any atom is -0.475 e. The van der Waals surface area contributed by atoms with Crippen molar-refractivity contribution in [3.05, 3.63) is 66.4 Å². The number of nitrogens with one attached hydrogen (secondary N) is 1. The van der Waals surface area contributed by atoms with Crippen LogP contribution >= 0.6 is 12.4 Å². The number of alkyl halides is 3. The minimum atomic E-state index is -5.08. The monoisotopic (exact) mass is 509 g/mol. The van der Waals surface area contributed by atoms with E-state index in [0.717, 1.165) is 17.5 Å². The number of fused-ring (bicyclic) bond motifs is 1. The molecular formula is C21H27ClF3N3O4S. The van der Waals surface area contributed by atoms with Crippen LogP contribution in [0.25, 0.3) is 10.9 Å². The first-order chi connectivity index (χ1) is 14.9. The second-order valence-corrected chi connectivity index (χ2v) is 8.64. The van der Waals surface area contributed by atoms with Crippen LogP contribution in [0.15, 0.2) is 65.7 Å². The molecule has 0 saturated carbocycles. The molecule has 0 aliphatic heterocycles. The average Bonchev–Trinajstić information content (AvgIpc) is 3.15. The van der Waals surface area contributed by atoms with E-state index in [9.17, 15) is 21.6 Å². The molecule has 2 aromatic carbocycles. The summed E-state index contributed by atoms with van der Waals surface area (Å²) in [5, 5.41) is 10.8. The van der Waals surface area contributed by atoms with E-state index < -0.39 is 22.2 Å². The zero-order valence-electron chi connectivity index (χ0n) is 18.5. The highest BCUT2D eigenvalue weighted by Gasteiger charge is 2.38. The lowest BCUT2D eigenvalue weighted by Crippen LogP contribution is -2.21. The van der Waals surface area contributed by atoms with Crippen LogP contribution in [0, 0.1) is 0 Å². The summed E-state index contributed by atoms with van der Waals surface area (Å²) in [6.45, 7) is 0.771. The summed E-state index contributed by atoms with van der Waals surface area (Å²) in [7, 11) is 4.18. The van der Waals surface area contributed by atoms with Crippen molar-refractivity contribution >= 4 is 39.3 Å². The molecule has 0 fully saturated rings. The van der Waals surface area contributed by atoms with E-state index in [1.54, 1.807) is 30.5 Å². The van der Waals surface area contributed by atoms with Crippen LogP contribution in [0.5, 0.6) is 0 Å². The molecule has 1 heterocycles. The lowest BCUT2D eigenvalue weighted by Gasteiger charge is -2.12. The van der Waals surface area contributed by atoms with Gasteiger partial charge >= 0.3 is 12.1 Å². The fraction of sp³-hybridized carbons (Fsp3) is 0.286. The first kappa shape index (κ1) is 30.4. The SMILES string of the molecule is CN(C)Cc1cccc2c1ccn2S(=O)(=O)c1ccccc1.CNC.Cl.O=C(O)C(F)(F)F. The number of hydrogen-bond acceptors (Lipinski definition) is 5. The number of carboxylic acid groups (broad SMARTS) is 1. The van der Waals surface area contributed by atoms with Crippen molar-refractivity contribution in [2.75, 3.05) is 28.2 Å². The maximum atomic E-state index is 12.8. The first-order valence-corrected chi connectivity index (χ1v) is 10.7. The quantitative estimate of drug-likeness (QED) is 0.555. The molecule has 0 aliphatic carbocycles. The van der Waals surface area contributed by atoms with E-state index in [1.165, 1.54) is 3.97 Å². The number of aromatic nitrogens is 1. The Labute approximate surface area is 197 Å². The minimum absolute atomic E-state index is 0. The van der Waals surface area contributed by atoms with Crippen molar-refractivity contribution in [2.45, 2.75) is 17.6 Å². The molecule has 3 rings (SSSR count). The number of rotatable bonds is 4. The molecule has 33 heavy (non-hydrogen) atoms. The van der Waals surface area contributed by atoms with Crippen LogP contribution in [-0.4, -0.2) is 62.7 Å². The molecule has 12 heteroatoms. The Kier molecular flexibility index (Phi) is 12.2. The molecule has 0 aliphatic rings. The number of halogens is 4. The summed E-state index contributed by atoms with van der Waals surface area (Å²) in [4.78, 5) is 11.3. The maximum absolute atomic E-state index is 12.8. The van der Waals surface area contributed by atoms with E-state index in [0.29, 0.717) is 10.4 Å². The first-order valence-electron chi connectivity index (χ1n) is 9.29. The highest BCUT2D eigenvalue weighted by molar-refractivity contribution is 7.90. The second-order valence-electron chi connectivity index (χ2n) is 6.82. The Bertz CT molecular complexity index is 1120. The van der Waals surface area contributed by atoms with Gasteiger partial charge in [-0.05, 0) is 58.0 Å². The molecule has 0 spiro atoms. The molecule has 7 nitrogen and oxygen atoms in total. The molecule has 0 radical (unpaired) electrons. The van der Waals surface area contributed by atoms with Gasteiger partial charge in [-0.1, -0.05) is 30.3 Å². The molecule has 0 amide bonds. The molecule has 0 saturated heterocycles. The van der Waals surface area contributed by atoms with Gasteiger partial charge in [0.05, 0.1) is 10.4 Å². The third kappa shape index (κ3) is 8.69. The van der Waals surface area contributed by atoms with Crippen LogP contribution in [0.3, 0.4) is 0 Å². The van der Waals surface area contributed by atoms with Gasteiger partial charge in [-0.25, -0.2) is 17.2 Å². The fourth-order valence-corrected chi connectivity index (χ4v) is 3.97. The number of nitrogens with zero attached hydrogens (tertiary/aromatic N) is 2. The zero-order valence-corrected chi connectivity index (χ0v) is 20.1. The van der Waals surface area contributed by atoms with Crippen LogP contribution in [0.1, 0.15) is 5.56 Å². The van der Waals surface area contributed by atoms with Gasteiger partial charge in [0.1, 0.15) is 0 Å². The van der Waals surface area contributed by atoms with Crippen molar-refractivity contribution in [3.63, 3.8) is 0 Å². The summed E-state index contributed by atoms with van der Waals surface area (Å²) in [5.41, 5.74) is 1.83. The van der Waals surface area contributed by atoms with E-state index in [-0.39, 0.29) is 12.4 Å². The van der Waals surface area contributed by atoms with Crippen molar-refractivity contribution in [2.24, 2.45) is 0 Å². The fourth-order valence-electron chi connectivity index (χ4n) is 2.60. The highest BCUT2D eigenvalue weighted by atomic mass is 35.5. The number of carbonyl (C=O) groups is 1. The van der Waals surface area contributed by atoms with Gasteiger partial charge in [-0.15, -0.1) is 12.4 Å². The average molecular weight is 510 g/mol. The molecule has 0 atom stereocenters. The van der Waals surface area contributed by atoms with Crippen LogP contribution in [0.4, 0.5) is 13.2 Å². The van der Waals surface area contributed by atoms with E-state index in [2.05, 4.69) is 10.2 Å². The summed E-state index contributed by atoms with van der Waals surface area (Å²) < 4.78 is 58.7. The van der Waals surface area contributed by atoms with Gasteiger partial charge in [0, 0.05) is 18.1 Å². The molecule has 3 aromatic rings. The third-order valence-corrected chi connectivity index (χ3v) is 5.52. The standard InChI is InChI=1S/C17H18N2O2S.C2HF3O2.C2H7N.ClH/c1-18(2)13-14-7-6-10-17-16(14)11-12-19(17)22(20,21)15-8-4-3-5-9-15;3-2(4,5)1(6)7;1-3-2;/h3-12H,13H2,1-2H3;(H,6,7);3H,1-2H3;1H. The Hall–Kier alpha value is -2.60. The van der Waals surface area contributed by atoms with Crippen LogP contribution in [-0.2, 0) is 21.4 Å². The van der Waals surface area contributed by atoms with Crippen LogP contribution < -0.4 is 5.32 Å². The Balaban J connectivity index is 0.000000793. The largest absolute Gasteiger partial charge is 0.490 e. The van der Waals surface area contributed by atoms with Gasteiger partial charge in [0.2, 0.25) is 0 Å². The van der Waals surface area contributed by atoms with Gasteiger partial charge in [0.15, 0.2) is 0 Å². The van der Waals surface area contributed by atoms with E-state index >= 15 is 0 Å². The van der Waals surface area contributed by atoms with E-state index in [4.69, 9.17) is 9.90 Å². The smallest absolute Gasteiger partial charge is 0.475 e. The van der Waals surface area contributed by atoms with Gasteiger partial charge in [0.25, 0.3) is 10.0 Å². The van der Waals surface area contributed by atoms with Crippen molar-refractivity contribution in [1.29, 1.82) is 0 Å². The summed E-state index contributed by atoms with van der Waals surface area (Å²) in [5.74, 6) is -2.76. The summed E-state index contributed by atoms with van der Waals surface area (Å²) >= 11 is 0. The van der Waals surface area contributed by atoms with Crippen molar-refractivity contribution < 1.29 is 31.5 Å². The van der Waals surface area contributed by atoms with Crippen molar-refractivity contribution in [3.8, 4) is 0 Å². The number of aliphatic carboxylic acids is 1. The number of benzene rings is 2. The summed E-state index contributed by atoms with van der Waals surface area (Å²) in [6.07, 6.45) is -3.45. The molecular weight excluding hydrogens is 483 g/mol. The second kappa shape index (κ2) is 13.2. The molecule has 1 aromatic heterocycles. The van der Waals surface area contributed by atoms with Gasteiger partial charge in [-0.2, -0.15) is 13.2 Å². The maximum Gasteiger partial charge on any atom is 0.490 e. The Morgan fingerprint density at radius 1 is 1.03 bits per heavy atom. The normalized spacial score (nSPS) is 11.0. The predicted octanol–water partition coefficient (Wildman–Crippen LogP) is 3.83. The zero-order chi connectivity index (χ0) is 24.5. The topological polar surface area (TPSA) is 91.6 Å². The number of hydrogen-bond donors (Lipinski definition) is 2. The molecule has 2 N–H and O–H groups in total. The highest BCUT2D eigenvalue weighted by Crippen LogP contribution is 2.25. The van der Waals surface area contributed by atoms with Gasteiger partial charge < -0.3 is 15.3 Å². The lowest BCUT2D eigenvalue weighted by molar-refractivity contribution is -0.192. The van der Waals surface area contributed by atoms with Crippen LogP contribution in [0.2, 0.25) is 0 Å². The molecule has 0 unspecified atom stereocenters. The van der Waals surface area contributed by atoms with Crippen molar-refractivity contribution in [1.82, 2.24) is 14.2 Å². The molecule has 0 bridgehead atoms. The summed E-state index contributed by atoms with van der Waals surface area (Å²) in [6, 6.07) is 16.1. The van der Waals surface area contributed by atoms with E-state index in [1.807, 2.05) is 58.5 Å². The lowest BCUT2D eigenvalue weighted by atomic mass is 10.1.